The van der Waals surface area contributed by atoms with Crippen molar-refractivity contribution < 1.29 is 14.2 Å². The number of hydrogen-bond donors (Lipinski definition) is 0. The standard InChI is InChI=1S/C24H24Cl2N2O3/c1-4-5-6-22-17(2)27-28(3)24(22)31-21-13-11-20(12-14-21)30-19-9-7-18(8-10-19)29-16-15-23(25)26/h5-15H,4,16H2,1-3H3. The zero-order chi connectivity index (χ0) is 22.2. The van der Waals surface area contributed by atoms with Crippen LogP contribution in [0.3, 0.4) is 0 Å². The van der Waals surface area contributed by atoms with Crippen molar-refractivity contribution in [3.63, 3.8) is 0 Å². The van der Waals surface area contributed by atoms with Crippen molar-refractivity contribution in [2.45, 2.75) is 20.3 Å². The van der Waals surface area contributed by atoms with Crippen LogP contribution in [0, 0.1) is 6.92 Å². The van der Waals surface area contributed by atoms with Gasteiger partial charge >= 0.3 is 0 Å². The van der Waals surface area contributed by atoms with Crippen LogP contribution in [0.15, 0.2) is 65.2 Å². The summed E-state index contributed by atoms with van der Waals surface area (Å²) in [5.41, 5.74) is 1.91. The first-order valence-corrected chi connectivity index (χ1v) is 10.6. The normalized spacial score (nSPS) is 10.9. The number of halogens is 2. The Morgan fingerprint density at radius 3 is 2.03 bits per heavy atom. The lowest BCUT2D eigenvalue weighted by Crippen LogP contribution is -1.96. The maximum absolute atomic E-state index is 6.09. The van der Waals surface area contributed by atoms with Crippen molar-refractivity contribution in [1.82, 2.24) is 9.78 Å². The Bertz CT molecular complexity index is 1050. The van der Waals surface area contributed by atoms with Crippen LogP contribution in [0.1, 0.15) is 24.6 Å². The van der Waals surface area contributed by atoms with Crippen LogP contribution in [-0.2, 0) is 7.05 Å². The van der Waals surface area contributed by atoms with Crippen molar-refractivity contribution >= 4 is 29.3 Å². The highest BCUT2D eigenvalue weighted by molar-refractivity contribution is 6.55. The van der Waals surface area contributed by atoms with E-state index in [9.17, 15) is 0 Å². The summed E-state index contributed by atoms with van der Waals surface area (Å²) in [6.45, 7) is 4.37. The monoisotopic (exact) mass is 458 g/mol. The fraction of sp³-hybridized carbons (Fsp3) is 0.208. The molecule has 0 aliphatic rings. The zero-order valence-corrected chi connectivity index (χ0v) is 19.2. The minimum atomic E-state index is 0.180. The van der Waals surface area contributed by atoms with Gasteiger partial charge in [0.25, 0.3) is 0 Å². The van der Waals surface area contributed by atoms with E-state index in [1.165, 1.54) is 0 Å². The van der Waals surface area contributed by atoms with Crippen LogP contribution in [0.5, 0.6) is 28.9 Å². The van der Waals surface area contributed by atoms with Crippen LogP contribution >= 0.6 is 23.2 Å². The van der Waals surface area contributed by atoms with Crippen LogP contribution < -0.4 is 14.2 Å². The third kappa shape index (κ3) is 6.54. The maximum atomic E-state index is 6.09. The summed E-state index contributed by atoms with van der Waals surface area (Å²) in [4.78, 5) is 0. The molecule has 0 N–H and O–H groups in total. The molecule has 0 radical (unpaired) electrons. The molecule has 0 aliphatic heterocycles. The second kappa shape index (κ2) is 10.9. The van der Waals surface area contributed by atoms with Crippen molar-refractivity contribution in [3.05, 3.63) is 76.4 Å². The number of nitrogens with zero attached hydrogens (tertiary/aromatic N) is 2. The van der Waals surface area contributed by atoms with Gasteiger partial charge in [-0.05, 0) is 68.0 Å². The molecule has 31 heavy (non-hydrogen) atoms. The second-order valence-electron chi connectivity index (χ2n) is 6.69. The summed E-state index contributed by atoms with van der Waals surface area (Å²) in [5.74, 6) is 3.50. The Balaban J connectivity index is 1.64. The van der Waals surface area contributed by atoms with E-state index >= 15 is 0 Å². The van der Waals surface area contributed by atoms with Gasteiger partial charge in [-0.15, -0.1) is 0 Å². The quantitative estimate of drug-likeness (QED) is 0.334. The topological polar surface area (TPSA) is 45.5 Å². The van der Waals surface area contributed by atoms with Gasteiger partial charge in [0, 0.05) is 7.05 Å². The number of benzene rings is 2. The average molecular weight is 459 g/mol. The number of rotatable bonds is 9. The molecule has 5 nitrogen and oxygen atoms in total. The Kier molecular flexibility index (Phi) is 8.04. The van der Waals surface area contributed by atoms with Crippen molar-refractivity contribution in [2.75, 3.05) is 6.61 Å². The Hall–Kier alpha value is -2.89. The summed E-state index contributed by atoms with van der Waals surface area (Å²) in [7, 11) is 1.87. The minimum Gasteiger partial charge on any atom is -0.489 e. The molecule has 3 aromatic rings. The third-order valence-electron chi connectivity index (χ3n) is 4.32. The van der Waals surface area contributed by atoms with E-state index < -0.39 is 0 Å². The van der Waals surface area contributed by atoms with Gasteiger partial charge in [-0.1, -0.05) is 42.3 Å². The summed E-state index contributed by atoms with van der Waals surface area (Å²) in [6.07, 6.45) is 6.66. The Morgan fingerprint density at radius 2 is 1.48 bits per heavy atom. The fourth-order valence-electron chi connectivity index (χ4n) is 2.83. The maximum Gasteiger partial charge on any atom is 0.225 e. The summed E-state index contributed by atoms with van der Waals surface area (Å²) < 4.78 is 19.4. The molecule has 0 bridgehead atoms. The molecule has 0 amide bonds. The van der Waals surface area contributed by atoms with E-state index in [0.29, 0.717) is 35.5 Å². The van der Waals surface area contributed by atoms with Gasteiger partial charge in [-0.2, -0.15) is 5.10 Å². The highest BCUT2D eigenvalue weighted by atomic mass is 35.5. The Morgan fingerprint density at radius 1 is 0.935 bits per heavy atom. The molecule has 7 heteroatoms. The van der Waals surface area contributed by atoms with Gasteiger partial charge < -0.3 is 14.2 Å². The number of aromatic nitrogens is 2. The van der Waals surface area contributed by atoms with E-state index in [-0.39, 0.29) is 4.49 Å². The van der Waals surface area contributed by atoms with E-state index in [2.05, 4.69) is 18.1 Å². The number of ether oxygens (including phenoxy) is 3. The van der Waals surface area contributed by atoms with Gasteiger partial charge in [0.15, 0.2) is 0 Å². The average Bonchev–Trinajstić information content (AvgIpc) is 3.01. The van der Waals surface area contributed by atoms with Crippen LogP contribution in [-0.4, -0.2) is 16.4 Å². The first kappa shape index (κ1) is 22.8. The smallest absolute Gasteiger partial charge is 0.225 e. The van der Waals surface area contributed by atoms with Crippen molar-refractivity contribution in [3.8, 4) is 28.9 Å². The Labute approximate surface area is 192 Å². The van der Waals surface area contributed by atoms with E-state index in [4.69, 9.17) is 37.4 Å². The molecule has 0 aliphatic carbocycles. The summed E-state index contributed by atoms with van der Waals surface area (Å²) in [6, 6.07) is 14.7. The lowest BCUT2D eigenvalue weighted by Gasteiger charge is -2.10. The summed E-state index contributed by atoms with van der Waals surface area (Å²) in [5, 5.41) is 4.46. The molecule has 0 unspecified atom stereocenters. The SMILES string of the molecule is CCC=Cc1c(C)nn(C)c1Oc1ccc(Oc2ccc(OCC=C(Cl)Cl)cc2)cc1. The molecule has 0 saturated heterocycles. The predicted molar refractivity (Wildman–Crippen MR) is 126 cm³/mol. The predicted octanol–water partition coefficient (Wildman–Crippen LogP) is 7.43. The lowest BCUT2D eigenvalue weighted by molar-refractivity contribution is 0.362. The van der Waals surface area contributed by atoms with Crippen LogP contribution in [0.4, 0.5) is 0 Å². The van der Waals surface area contributed by atoms with Gasteiger partial charge in [0.2, 0.25) is 5.88 Å². The van der Waals surface area contributed by atoms with E-state index in [1.54, 1.807) is 10.8 Å². The van der Waals surface area contributed by atoms with E-state index in [1.807, 2.05) is 68.6 Å². The highest BCUT2D eigenvalue weighted by Crippen LogP contribution is 2.31. The molecular formula is C24H24Cl2N2O3. The van der Waals surface area contributed by atoms with Crippen molar-refractivity contribution in [1.29, 1.82) is 0 Å². The van der Waals surface area contributed by atoms with Gasteiger partial charge in [0.1, 0.15) is 34.1 Å². The zero-order valence-electron chi connectivity index (χ0n) is 17.6. The molecule has 3 rings (SSSR count). The van der Waals surface area contributed by atoms with Crippen LogP contribution in [0.2, 0.25) is 0 Å². The van der Waals surface area contributed by atoms with Crippen LogP contribution in [0.25, 0.3) is 6.08 Å². The van der Waals surface area contributed by atoms with Crippen molar-refractivity contribution in [2.24, 2.45) is 7.05 Å². The molecule has 2 aromatic carbocycles. The molecule has 162 valence electrons. The number of hydrogen-bond acceptors (Lipinski definition) is 4. The molecule has 0 saturated carbocycles. The van der Waals surface area contributed by atoms with E-state index in [0.717, 1.165) is 17.7 Å². The molecular weight excluding hydrogens is 435 g/mol. The molecule has 0 atom stereocenters. The highest BCUT2D eigenvalue weighted by Gasteiger charge is 2.13. The molecule has 1 aromatic heterocycles. The van der Waals surface area contributed by atoms with Gasteiger partial charge in [-0.25, -0.2) is 4.68 Å². The number of allylic oxidation sites excluding steroid dienone is 1. The lowest BCUT2D eigenvalue weighted by atomic mass is 10.2. The molecule has 1 heterocycles. The fourth-order valence-corrected chi connectivity index (χ4v) is 2.96. The molecule has 0 spiro atoms. The number of aryl methyl sites for hydroxylation is 2. The minimum absolute atomic E-state index is 0.180. The van der Waals surface area contributed by atoms with Gasteiger partial charge in [-0.3, -0.25) is 0 Å². The second-order valence-corrected chi connectivity index (χ2v) is 7.70. The molecule has 0 fully saturated rings. The first-order chi connectivity index (χ1) is 15.0. The summed E-state index contributed by atoms with van der Waals surface area (Å²) >= 11 is 11.1. The first-order valence-electron chi connectivity index (χ1n) is 9.86. The largest absolute Gasteiger partial charge is 0.489 e. The third-order valence-corrected chi connectivity index (χ3v) is 4.63. The van der Waals surface area contributed by atoms with Gasteiger partial charge in [0.05, 0.1) is 11.3 Å².